The molecule has 1 aromatic heterocycles. The molecule has 0 radical (unpaired) electrons. The Labute approximate surface area is 104 Å². The fourth-order valence-corrected chi connectivity index (χ4v) is 1.53. The molecule has 1 rings (SSSR count). The van der Waals surface area contributed by atoms with Gasteiger partial charge in [0.2, 0.25) is 5.91 Å². The predicted molar refractivity (Wildman–Crippen MR) is 68.2 cm³/mol. The van der Waals surface area contributed by atoms with Gasteiger partial charge in [0.1, 0.15) is 5.82 Å². The Kier molecular flexibility index (Phi) is 4.04. The number of aromatic nitrogens is 1. The topological polar surface area (TPSA) is 68.0 Å². The Morgan fingerprint density at radius 3 is 2.81 bits per heavy atom. The molecule has 5 heteroatoms. The maximum absolute atomic E-state index is 11.8. The maximum atomic E-state index is 11.8. The molecular weight excluding hydrogens is 270 g/mol. The lowest BCUT2D eigenvalue weighted by atomic mass is 9.99. The smallest absolute Gasteiger partial charge is 0.245 e. The van der Waals surface area contributed by atoms with Crippen LogP contribution in [0.2, 0.25) is 0 Å². The molecule has 0 aromatic carbocycles. The number of nitrogens with one attached hydrogen (secondary N) is 1. The highest BCUT2D eigenvalue weighted by atomic mass is 79.9. The zero-order valence-electron chi connectivity index (χ0n) is 9.67. The van der Waals surface area contributed by atoms with Crippen molar-refractivity contribution in [2.24, 2.45) is 5.73 Å². The van der Waals surface area contributed by atoms with E-state index in [0.29, 0.717) is 12.2 Å². The van der Waals surface area contributed by atoms with Gasteiger partial charge in [-0.25, -0.2) is 4.98 Å². The van der Waals surface area contributed by atoms with Crippen molar-refractivity contribution in [3.05, 3.63) is 22.3 Å². The lowest BCUT2D eigenvalue weighted by molar-refractivity contribution is -0.120. The van der Waals surface area contributed by atoms with Crippen LogP contribution >= 0.6 is 15.9 Å². The van der Waals surface area contributed by atoms with Crippen LogP contribution in [0.5, 0.6) is 0 Å². The summed E-state index contributed by atoms with van der Waals surface area (Å²) in [4.78, 5) is 15.9. The summed E-state index contributed by atoms with van der Waals surface area (Å²) < 4.78 is 0.883. The van der Waals surface area contributed by atoms with Gasteiger partial charge in [0.15, 0.2) is 0 Å². The van der Waals surface area contributed by atoms with Crippen LogP contribution in [0.3, 0.4) is 0 Å². The van der Waals surface area contributed by atoms with E-state index in [2.05, 4.69) is 26.2 Å². The van der Waals surface area contributed by atoms with Crippen molar-refractivity contribution >= 4 is 27.7 Å². The van der Waals surface area contributed by atoms with Crippen molar-refractivity contribution in [2.75, 3.05) is 5.32 Å². The average Bonchev–Trinajstić information content (AvgIpc) is 2.22. The summed E-state index contributed by atoms with van der Waals surface area (Å²) in [7, 11) is 0. The Hall–Kier alpha value is -0.940. The van der Waals surface area contributed by atoms with Gasteiger partial charge >= 0.3 is 0 Å². The van der Waals surface area contributed by atoms with Gasteiger partial charge in [0.25, 0.3) is 0 Å². The second-order valence-electron chi connectivity index (χ2n) is 4.04. The summed E-state index contributed by atoms with van der Waals surface area (Å²) >= 11 is 3.32. The molecule has 0 saturated heterocycles. The van der Waals surface area contributed by atoms with Crippen molar-refractivity contribution in [3.63, 3.8) is 0 Å². The zero-order valence-corrected chi connectivity index (χ0v) is 11.3. The van der Waals surface area contributed by atoms with Crippen LogP contribution in [0.4, 0.5) is 5.82 Å². The van der Waals surface area contributed by atoms with E-state index in [-0.39, 0.29) is 5.91 Å². The summed E-state index contributed by atoms with van der Waals surface area (Å²) in [6.07, 6.45) is 2.22. The molecule has 0 saturated carbocycles. The van der Waals surface area contributed by atoms with Gasteiger partial charge in [-0.2, -0.15) is 0 Å². The van der Waals surface area contributed by atoms with E-state index in [0.717, 1.165) is 10.0 Å². The Morgan fingerprint density at radius 1 is 1.69 bits per heavy atom. The molecule has 0 aliphatic heterocycles. The number of aryl methyl sites for hydroxylation is 1. The van der Waals surface area contributed by atoms with E-state index >= 15 is 0 Å². The highest BCUT2D eigenvalue weighted by molar-refractivity contribution is 9.10. The van der Waals surface area contributed by atoms with E-state index in [4.69, 9.17) is 5.73 Å². The second-order valence-corrected chi connectivity index (χ2v) is 4.96. The fourth-order valence-electron chi connectivity index (χ4n) is 1.08. The minimum atomic E-state index is -0.860. The summed E-state index contributed by atoms with van der Waals surface area (Å²) in [5, 5.41) is 2.73. The van der Waals surface area contributed by atoms with Crippen molar-refractivity contribution in [2.45, 2.75) is 32.7 Å². The van der Waals surface area contributed by atoms with Crippen LogP contribution in [0, 0.1) is 6.92 Å². The number of amides is 1. The largest absolute Gasteiger partial charge is 0.318 e. The maximum Gasteiger partial charge on any atom is 0.245 e. The number of hydrogen-bond acceptors (Lipinski definition) is 3. The van der Waals surface area contributed by atoms with Gasteiger partial charge < -0.3 is 11.1 Å². The molecule has 0 bridgehead atoms. The highest BCUT2D eigenvalue weighted by Gasteiger charge is 2.26. The first-order valence-electron chi connectivity index (χ1n) is 5.09. The molecule has 0 aliphatic carbocycles. The number of nitrogens with two attached hydrogens (primary N) is 1. The van der Waals surface area contributed by atoms with E-state index < -0.39 is 5.54 Å². The van der Waals surface area contributed by atoms with Gasteiger partial charge in [0.05, 0.1) is 5.54 Å². The van der Waals surface area contributed by atoms with Crippen molar-refractivity contribution in [3.8, 4) is 0 Å². The van der Waals surface area contributed by atoms with Crippen LogP contribution in [-0.2, 0) is 4.79 Å². The first-order valence-corrected chi connectivity index (χ1v) is 5.88. The van der Waals surface area contributed by atoms with Crippen LogP contribution in [0.15, 0.2) is 16.7 Å². The van der Waals surface area contributed by atoms with Gasteiger partial charge in [-0.05, 0) is 47.8 Å². The number of halogens is 1. The van der Waals surface area contributed by atoms with Crippen LogP contribution in [0.1, 0.15) is 25.8 Å². The fraction of sp³-hybridized carbons (Fsp3) is 0.455. The molecular formula is C11H16BrN3O. The van der Waals surface area contributed by atoms with E-state index in [1.807, 2.05) is 19.9 Å². The third kappa shape index (κ3) is 3.02. The third-order valence-electron chi connectivity index (χ3n) is 2.53. The molecule has 4 nitrogen and oxygen atoms in total. The molecule has 88 valence electrons. The highest BCUT2D eigenvalue weighted by Crippen LogP contribution is 2.18. The van der Waals surface area contributed by atoms with Gasteiger partial charge in [-0.3, -0.25) is 4.79 Å². The number of carbonyl (C=O) groups is 1. The van der Waals surface area contributed by atoms with E-state index in [1.54, 1.807) is 13.1 Å². The average molecular weight is 286 g/mol. The van der Waals surface area contributed by atoms with Gasteiger partial charge in [-0.15, -0.1) is 0 Å². The minimum absolute atomic E-state index is 0.215. The first-order chi connectivity index (χ1) is 7.36. The Bertz CT molecular complexity index is 404. The third-order valence-corrected chi connectivity index (χ3v) is 2.96. The summed E-state index contributed by atoms with van der Waals surface area (Å²) in [5.74, 6) is 0.339. The molecule has 1 amide bonds. The Balaban J connectivity index is 2.85. The van der Waals surface area contributed by atoms with E-state index in [1.165, 1.54) is 0 Å². The number of anilines is 1. The molecule has 1 atom stereocenters. The quantitative estimate of drug-likeness (QED) is 0.895. The standard InChI is InChI=1S/C11H16BrN3O/c1-4-11(3,13)10(16)15-9-7(2)5-8(12)6-14-9/h5-6H,4,13H2,1-3H3,(H,14,15,16). The SMILES string of the molecule is CCC(C)(N)C(=O)Nc1ncc(Br)cc1C. The van der Waals surface area contributed by atoms with Crippen LogP contribution in [-0.4, -0.2) is 16.4 Å². The van der Waals surface area contributed by atoms with Crippen LogP contribution in [0.25, 0.3) is 0 Å². The lowest BCUT2D eigenvalue weighted by Gasteiger charge is -2.21. The lowest BCUT2D eigenvalue weighted by Crippen LogP contribution is -2.48. The molecule has 3 N–H and O–H groups in total. The molecule has 0 spiro atoms. The number of carbonyl (C=O) groups excluding carboxylic acids is 1. The van der Waals surface area contributed by atoms with Crippen LogP contribution < -0.4 is 11.1 Å². The number of hydrogen-bond donors (Lipinski definition) is 2. The van der Waals surface area contributed by atoms with Crippen molar-refractivity contribution in [1.82, 2.24) is 4.98 Å². The summed E-state index contributed by atoms with van der Waals surface area (Å²) in [5.41, 5.74) is 5.88. The van der Waals surface area contributed by atoms with Crippen molar-refractivity contribution < 1.29 is 4.79 Å². The number of nitrogens with zero attached hydrogens (tertiary/aromatic N) is 1. The molecule has 1 aromatic rings. The van der Waals surface area contributed by atoms with Gasteiger partial charge in [-0.1, -0.05) is 6.92 Å². The zero-order chi connectivity index (χ0) is 12.3. The molecule has 0 fully saturated rings. The summed E-state index contributed by atoms with van der Waals surface area (Å²) in [6, 6.07) is 1.89. The minimum Gasteiger partial charge on any atom is -0.318 e. The molecule has 1 unspecified atom stereocenters. The normalized spacial score (nSPS) is 14.3. The Morgan fingerprint density at radius 2 is 2.31 bits per heavy atom. The molecule has 16 heavy (non-hydrogen) atoms. The number of pyridine rings is 1. The molecule has 0 aliphatic rings. The number of rotatable bonds is 3. The predicted octanol–water partition coefficient (Wildman–Crippen LogP) is 2.22. The monoisotopic (exact) mass is 285 g/mol. The van der Waals surface area contributed by atoms with Gasteiger partial charge in [0, 0.05) is 10.7 Å². The van der Waals surface area contributed by atoms with Crippen molar-refractivity contribution in [1.29, 1.82) is 0 Å². The second kappa shape index (κ2) is 4.93. The van der Waals surface area contributed by atoms with E-state index in [9.17, 15) is 4.79 Å². The molecule has 1 heterocycles. The first kappa shape index (κ1) is 13.1. The summed E-state index contributed by atoms with van der Waals surface area (Å²) in [6.45, 7) is 5.46.